The van der Waals surface area contributed by atoms with Crippen LogP contribution in [0.3, 0.4) is 0 Å². The molecule has 1 atom stereocenters. The molecular weight excluding hydrogens is 366 g/mol. The highest BCUT2D eigenvalue weighted by Crippen LogP contribution is 2.36. The summed E-state index contributed by atoms with van der Waals surface area (Å²) in [6.45, 7) is 5.21. The van der Waals surface area contributed by atoms with Crippen LogP contribution in [0, 0.1) is 0 Å². The van der Waals surface area contributed by atoms with Crippen LogP contribution in [0.1, 0.15) is 38.2 Å². The monoisotopic (exact) mass is 397 g/mol. The normalized spacial score (nSPS) is 23.5. The van der Waals surface area contributed by atoms with Crippen LogP contribution in [0.2, 0.25) is 0 Å². The fourth-order valence-electron chi connectivity index (χ4n) is 3.87. The first-order chi connectivity index (χ1) is 13.0. The van der Waals surface area contributed by atoms with Crippen molar-refractivity contribution >= 4 is 10.0 Å². The first-order valence-electron chi connectivity index (χ1n) is 9.88. The van der Waals surface area contributed by atoms with Gasteiger partial charge in [-0.2, -0.15) is 0 Å². The Morgan fingerprint density at radius 3 is 2.63 bits per heavy atom. The Balaban J connectivity index is 1.38. The summed E-state index contributed by atoms with van der Waals surface area (Å²) in [6.07, 6.45) is 3.38. The van der Waals surface area contributed by atoms with Gasteiger partial charge in [0.25, 0.3) is 0 Å². The van der Waals surface area contributed by atoms with Gasteiger partial charge in [-0.05, 0) is 31.7 Å². The van der Waals surface area contributed by atoms with Gasteiger partial charge in [-0.1, -0.05) is 30.3 Å². The SMILES string of the molecule is CCS(=O)(=O)N1CCC2(CC1)CC(OCCOCc1ccccc1)CCO2. The van der Waals surface area contributed by atoms with Crippen molar-refractivity contribution in [3.8, 4) is 0 Å². The van der Waals surface area contributed by atoms with E-state index in [1.807, 2.05) is 30.3 Å². The molecule has 7 heteroatoms. The zero-order valence-electron chi connectivity index (χ0n) is 16.1. The largest absolute Gasteiger partial charge is 0.376 e. The maximum Gasteiger partial charge on any atom is 0.213 e. The van der Waals surface area contributed by atoms with Crippen molar-refractivity contribution in [3.63, 3.8) is 0 Å². The number of hydrogen-bond acceptors (Lipinski definition) is 5. The van der Waals surface area contributed by atoms with E-state index in [1.54, 1.807) is 11.2 Å². The molecule has 0 aliphatic carbocycles. The van der Waals surface area contributed by atoms with E-state index in [0.717, 1.165) is 31.2 Å². The summed E-state index contributed by atoms with van der Waals surface area (Å²) in [4.78, 5) is 0. The molecular formula is C20H31NO5S. The number of hydrogen-bond donors (Lipinski definition) is 0. The lowest BCUT2D eigenvalue weighted by Crippen LogP contribution is -2.52. The number of rotatable bonds is 8. The average molecular weight is 398 g/mol. The molecule has 6 nitrogen and oxygen atoms in total. The molecule has 1 spiro atoms. The summed E-state index contributed by atoms with van der Waals surface area (Å²) in [7, 11) is -3.10. The van der Waals surface area contributed by atoms with Crippen molar-refractivity contribution in [3.05, 3.63) is 35.9 Å². The van der Waals surface area contributed by atoms with E-state index >= 15 is 0 Å². The number of nitrogens with zero attached hydrogens (tertiary/aromatic N) is 1. The fraction of sp³-hybridized carbons (Fsp3) is 0.700. The fourth-order valence-corrected chi connectivity index (χ4v) is 4.97. The molecule has 0 amide bonds. The lowest BCUT2D eigenvalue weighted by Gasteiger charge is -2.45. The van der Waals surface area contributed by atoms with Gasteiger partial charge >= 0.3 is 0 Å². The van der Waals surface area contributed by atoms with Gasteiger partial charge in [0.2, 0.25) is 10.0 Å². The molecule has 1 unspecified atom stereocenters. The smallest absolute Gasteiger partial charge is 0.213 e. The van der Waals surface area contributed by atoms with Crippen LogP contribution in [0.5, 0.6) is 0 Å². The van der Waals surface area contributed by atoms with Gasteiger partial charge in [0.1, 0.15) is 0 Å². The summed E-state index contributed by atoms with van der Waals surface area (Å²) in [5.74, 6) is 0.162. The van der Waals surface area contributed by atoms with E-state index in [9.17, 15) is 8.42 Å². The first kappa shape index (κ1) is 20.7. The van der Waals surface area contributed by atoms with Crippen LogP contribution in [0.25, 0.3) is 0 Å². The van der Waals surface area contributed by atoms with Crippen LogP contribution in [0.15, 0.2) is 30.3 Å². The third-order valence-electron chi connectivity index (χ3n) is 5.53. The summed E-state index contributed by atoms with van der Waals surface area (Å²) in [5.41, 5.74) is 0.935. The van der Waals surface area contributed by atoms with Crippen LogP contribution < -0.4 is 0 Å². The van der Waals surface area contributed by atoms with E-state index < -0.39 is 10.0 Å². The van der Waals surface area contributed by atoms with Crippen LogP contribution in [-0.4, -0.2) is 63.1 Å². The van der Waals surface area contributed by atoms with E-state index in [0.29, 0.717) is 39.5 Å². The predicted octanol–water partition coefficient (Wildman–Crippen LogP) is 2.58. The van der Waals surface area contributed by atoms with Gasteiger partial charge in [-0.25, -0.2) is 12.7 Å². The molecule has 2 fully saturated rings. The number of piperidine rings is 1. The molecule has 0 N–H and O–H groups in total. The molecule has 3 rings (SSSR count). The third-order valence-corrected chi connectivity index (χ3v) is 7.41. The second kappa shape index (κ2) is 9.47. The van der Waals surface area contributed by atoms with Crippen molar-refractivity contribution in [2.45, 2.75) is 50.9 Å². The van der Waals surface area contributed by atoms with Crippen molar-refractivity contribution < 1.29 is 22.6 Å². The highest BCUT2D eigenvalue weighted by Gasteiger charge is 2.42. The minimum absolute atomic E-state index is 0.161. The number of sulfonamides is 1. The Bertz CT molecular complexity index is 671. The van der Waals surface area contributed by atoms with Gasteiger partial charge in [0, 0.05) is 26.1 Å². The van der Waals surface area contributed by atoms with Crippen molar-refractivity contribution in [1.82, 2.24) is 4.31 Å². The van der Waals surface area contributed by atoms with Gasteiger partial charge in [-0.3, -0.25) is 0 Å². The minimum atomic E-state index is -3.10. The highest BCUT2D eigenvalue weighted by molar-refractivity contribution is 7.89. The van der Waals surface area contributed by atoms with E-state index in [2.05, 4.69) is 0 Å². The summed E-state index contributed by atoms with van der Waals surface area (Å²) in [6, 6.07) is 10.1. The lowest BCUT2D eigenvalue weighted by molar-refractivity contribution is -0.153. The number of benzene rings is 1. The minimum Gasteiger partial charge on any atom is -0.376 e. The molecule has 2 heterocycles. The Labute approximate surface area is 162 Å². The maximum atomic E-state index is 12.0. The Morgan fingerprint density at radius 2 is 1.93 bits per heavy atom. The molecule has 2 saturated heterocycles. The van der Waals surface area contributed by atoms with E-state index in [1.165, 1.54) is 0 Å². The summed E-state index contributed by atoms with van der Waals surface area (Å²) in [5, 5.41) is 0. The molecule has 2 aliphatic rings. The Kier molecular flexibility index (Phi) is 7.28. The molecule has 1 aromatic carbocycles. The quantitative estimate of drug-likeness (QED) is 0.631. The molecule has 2 aliphatic heterocycles. The third kappa shape index (κ3) is 5.74. The van der Waals surface area contributed by atoms with Gasteiger partial charge in [0.15, 0.2) is 0 Å². The van der Waals surface area contributed by atoms with Crippen molar-refractivity contribution in [1.29, 1.82) is 0 Å². The molecule has 0 radical (unpaired) electrons. The maximum absolute atomic E-state index is 12.0. The van der Waals surface area contributed by atoms with Gasteiger partial charge in [-0.15, -0.1) is 0 Å². The standard InChI is InChI=1S/C20H31NO5S/c1-2-27(22,23)21-11-9-20(10-12-21)16-19(8-13-26-20)25-15-14-24-17-18-6-4-3-5-7-18/h3-7,19H,2,8-17H2,1H3. The van der Waals surface area contributed by atoms with Crippen molar-refractivity contribution in [2.24, 2.45) is 0 Å². The highest BCUT2D eigenvalue weighted by atomic mass is 32.2. The Hall–Kier alpha value is -0.990. The first-order valence-corrected chi connectivity index (χ1v) is 11.5. The summed E-state index contributed by atoms with van der Waals surface area (Å²) < 4.78 is 43.5. The zero-order chi connectivity index (χ0) is 19.2. The van der Waals surface area contributed by atoms with E-state index in [-0.39, 0.29) is 17.5 Å². The average Bonchev–Trinajstić information content (AvgIpc) is 2.69. The van der Waals surface area contributed by atoms with Crippen molar-refractivity contribution in [2.75, 3.05) is 38.7 Å². The second-order valence-corrected chi connectivity index (χ2v) is 9.61. The predicted molar refractivity (Wildman–Crippen MR) is 104 cm³/mol. The molecule has 0 aromatic heterocycles. The van der Waals surface area contributed by atoms with Gasteiger partial charge in [0.05, 0.1) is 37.3 Å². The molecule has 1 aromatic rings. The van der Waals surface area contributed by atoms with E-state index in [4.69, 9.17) is 14.2 Å². The second-order valence-electron chi connectivity index (χ2n) is 7.35. The molecule has 27 heavy (non-hydrogen) atoms. The zero-order valence-corrected chi connectivity index (χ0v) is 17.0. The van der Waals surface area contributed by atoms with Crippen LogP contribution in [0.4, 0.5) is 0 Å². The topological polar surface area (TPSA) is 65.1 Å². The van der Waals surface area contributed by atoms with Gasteiger partial charge < -0.3 is 14.2 Å². The Morgan fingerprint density at radius 1 is 1.19 bits per heavy atom. The van der Waals surface area contributed by atoms with Crippen LogP contribution >= 0.6 is 0 Å². The van der Waals surface area contributed by atoms with Crippen LogP contribution in [-0.2, 0) is 30.8 Å². The number of ether oxygens (including phenoxy) is 3. The molecule has 152 valence electrons. The summed E-state index contributed by atoms with van der Waals surface area (Å²) >= 11 is 0. The molecule has 0 saturated carbocycles. The lowest BCUT2D eigenvalue weighted by atomic mass is 9.84. The molecule has 0 bridgehead atoms.